The van der Waals surface area contributed by atoms with Gasteiger partial charge in [-0.1, -0.05) is 6.42 Å². The molecule has 1 unspecified atom stereocenters. The number of piperidine rings is 1. The number of rotatable bonds is 5. The molecular weight excluding hydrogens is 218 g/mol. The molecule has 0 amide bonds. The van der Waals surface area contributed by atoms with Crippen LogP contribution in [0.2, 0.25) is 0 Å². The molecule has 0 bridgehead atoms. The summed E-state index contributed by atoms with van der Waals surface area (Å²) in [6, 6.07) is 0.605. The summed E-state index contributed by atoms with van der Waals surface area (Å²) in [6.45, 7) is 1.12. The molecule has 3 nitrogen and oxygen atoms in total. The molecule has 1 rings (SSSR count). The second kappa shape index (κ2) is 5.98. The molecule has 1 N–H and O–H groups in total. The number of hydrogen-bond donors (Lipinski definition) is 1. The van der Waals surface area contributed by atoms with Gasteiger partial charge in [-0.25, -0.2) is 8.42 Å². The van der Waals surface area contributed by atoms with E-state index in [2.05, 4.69) is 5.32 Å². The smallest absolute Gasteiger partial charge is 0.148 e. The summed E-state index contributed by atoms with van der Waals surface area (Å²) in [5.74, 6) is 2.09. The van der Waals surface area contributed by atoms with Crippen molar-refractivity contribution in [3.8, 4) is 0 Å². The molecule has 1 atom stereocenters. The lowest BCUT2D eigenvalue weighted by molar-refractivity contribution is 0.430. The van der Waals surface area contributed by atoms with Crippen molar-refractivity contribution in [1.29, 1.82) is 0 Å². The van der Waals surface area contributed by atoms with Gasteiger partial charge in [-0.3, -0.25) is 0 Å². The molecule has 1 aliphatic rings. The van der Waals surface area contributed by atoms with Crippen LogP contribution >= 0.6 is 11.8 Å². The van der Waals surface area contributed by atoms with E-state index in [1.54, 1.807) is 11.8 Å². The highest BCUT2D eigenvalue weighted by molar-refractivity contribution is 8.00. The van der Waals surface area contributed by atoms with E-state index in [1.165, 1.54) is 25.5 Å². The van der Waals surface area contributed by atoms with E-state index >= 15 is 0 Å². The Balaban J connectivity index is 2.03. The quantitative estimate of drug-likeness (QED) is 0.722. The van der Waals surface area contributed by atoms with E-state index in [0.717, 1.165) is 18.1 Å². The maximum atomic E-state index is 10.9. The van der Waals surface area contributed by atoms with Crippen molar-refractivity contribution < 1.29 is 8.42 Å². The van der Waals surface area contributed by atoms with E-state index in [4.69, 9.17) is 0 Å². The molecule has 1 saturated heterocycles. The third kappa shape index (κ3) is 5.88. The topological polar surface area (TPSA) is 46.2 Å². The van der Waals surface area contributed by atoms with Crippen LogP contribution in [0.5, 0.6) is 0 Å². The van der Waals surface area contributed by atoms with Crippen molar-refractivity contribution in [3.63, 3.8) is 0 Å². The first-order chi connectivity index (χ1) is 6.58. The molecule has 0 spiro atoms. The second-order valence-corrected chi connectivity index (χ2v) is 7.26. The Morgan fingerprint density at radius 1 is 1.43 bits per heavy atom. The second-order valence-electron chi connectivity index (χ2n) is 3.85. The number of thioether (sulfide) groups is 1. The van der Waals surface area contributed by atoms with E-state index < -0.39 is 9.84 Å². The molecule has 1 aliphatic heterocycles. The SMILES string of the molecule is CS(=O)(=O)CCSCC1CCCCN1. The number of nitrogens with one attached hydrogen (secondary N) is 1. The molecule has 0 aromatic rings. The first-order valence-electron chi connectivity index (χ1n) is 5.07. The normalized spacial score (nSPS) is 23.6. The fourth-order valence-electron chi connectivity index (χ4n) is 1.50. The number of hydrogen-bond acceptors (Lipinski definition) is 4. The zero-order valence-electron chi connectivity index (χ0n) is 8.66. The van der Waals surface area contributed by atoms with Crippen molar-refractivity contribution in [3.05, 3.63) is 0 Å². The Kier molecular flexibility index (Phi) is 5.26. The van der Waals surface area contributed by atoms with Gasteiger partial charge in [0.2, 0.25) is 0 Å². The average molecular weight is 237 g/mol. The van der Waals surface area contributed by atoms with E-state index in [-0.39, 0.29) is 0 Å². The molecule has 84 valence electrons. The van der Waals surface area contributed by atoms with Gasteiger partial charge in [0.1, 0.15) is 9.84 Å². The van der Waals surface area contributed by atoms with Crippen LogP contribution in [0.15, 0.2) is 0 Å². The standard InChI is InChI=1S/C9H19NO2S2/c1-14(11,12)7-6-13-8-9-4-2-3-5-10-9/h9-10H,2-8H2,1H3. The van der Waals surface area contributed by atoms with Crippen molar-refractivity contribution in [1.82, 2.24) is 5.32 Å². The summed E-state index contributed by atoms with van der Waals surface area (Å²) in [7, 11) is -2.77. The van der Waals surface area contributed by atoms with Gasteiger partial charge < -0.3 is 5.32 Å². The molecule has 0 aromatic heterocycles. The highest BCUT2D eigenvalue weighted by atomic mass is 32.2. The van der Waals surface area contributed by atoms with Gasteiger partial charge in [0.15, 0.2) is 0 Å². The minimum absolute atomic E-state index is 0.310. The predicted molar refractivity (Wildman–Crippen MR) is 62.7 cm³/mol. The highest BCUT2D eigenvalue weighted by Gasteiger charge is 2.12. The molecule has 0 saturated carbocycles. The first-order valence-corrected chi connectivity index (χ1v) is 8.28. The monoisotopic (exact) mass is 237 g/mol. The summed E-state index contributed by atoms with van der Waals surface area (Å²) in [6.07, 6.45) is 5.13. The maximum absolute atomic E-state index is 10.9. The molecule has 1 heterocycles. The first kappa shape index (κ1) is 12.3. The van der Waals surface area contributed by atoms with Crippen molar-refractivity contribution in [2.75, 3.05) is 30.1 Å². The van der Waals surface area contributed by atoms with Gasteiger partial charge in [0.25, 0.3) is 0 Å². The van der Waals surface area contributed by atoms with E-state index in [1.807, 2.05) is 0 Å². The number of sulfone groups is 1. The lowest BCUT2D eigenvalue weighted by Crippen LogP contribution is -2.35. The Hall–Kier alpha value is 0.260. The average Bonchev–Trinajstić information content (AvgIpc) is 2.13. The molecule has 0 radical (unpaired) electrons. The minimum Gasteiger partial charge on any atom is -0.313 e. The highest BCUT2D eigenvalue weighted by Crippen LogP contribution is 2.12. The Morgan fingerprint density at radius 3 is 2.79 bits per heavy atom. The van der Waals surface area contributed by atoms with Gasteiger partial charge >= 0.3 is 0 Å². The predicted octanol–water partition coefficient (Wildman–Crippen LogP) is 0.906. The van der Waals surface area contributed by atoms with Crippen molar-refractivity contribution in [2.45, 2.75) is 25.3 Å². The Morgan fingerprint density at radius 2 is 2.21 bits per heavy atom. The molecule has 0 aromatic carbocycles. The van der Waals surface area contributed by atoms with Crippen LogP contribution in [0.25, 0.3) is 0 Å². The van der Waals surface area contributed by atoms with Crippen molar-refractivity contribution in [2.24, 2.45) is 0 Å². The molecular formula is C9H19NO2S2. The van der Waals surface area contributed by atoms with Gasteiger partial charge in [0.05, 0.1) is 5.75 Å². The lowest BCUT2D eigenvalue weighted by Gasteiger charge is -2.22. The van der Waals surface area contributed by atoms with E-state index in [0.29, 0.717) is 11.8 Å². The van der Waals surface area contributed by atoms with Gasteiger partial charge in [-0.05, 0) is 19.4 Å². The fourth-order valence-corrected chi connectivity index (χ4v) is 3.92. The van der Waals surface area contributed by atoms with Gasteiger partial charge in [0, 0.05) is 23.8 Å². The third-order valence-electron chi connectivity index (χ3n) is 2.33. The van der Waals surface area contributed by atoms with Crippen LogP contribution in [0.3, 0.4) is 0 Å². The third-order valence-corrected chi connectivity index (χ3v) is 4.66. The zero-order valence-corrected chi connectivity index (χ0v) is 10.3. The summed E-state index contributed by atoms with van der Waals surface area (Å²) >= 11 is 1.74. The molecule has 14 heavy (non-hydrogen) atoms. The Bertz CT molecular complexity index is 246. The zero-order chi connectivity index (χ0) is 10.4. The molecule has 1 fully saturated rings. The summed E-state index contributed by atoms with van der Waals surface area (Å²) in [5, 5.41) is 3.45. The van der Waals surface area contributed by atoms with E-state index in [9.17, 15) is 8.42 Å². The molecule has 5 heteroatoms. The lowest BCUT2D eigenvalue weighted by atomic mass is 10.1. The summed E-state index contributed by atoms with van der Waals surface area (Å²) < 4.78 is 21.7. The Labute approximate surface area is 91.0 Å². The van der Waals surface area contributed by atoms with Crippen LogP contribution in [0.1, 0.15) is 19.3 Å². The van der Waals surface area contributed by atoms with Gasteiger partial charge in [-0.15, -0.1) is 0 Å². The summed E-state index contributed by atoms with van der Waals surface area (Å²) in [4.78, 5) is 0. The van der Waals surface area contributed by atoms with Crippen LogP contribution in [-0.2, 0) is 9.84 Å². The largest absolute Gasteiger partial charge is 0.313 e. The maximum Gasteiger partial charge on any atom is 0.148 e. The van der Waals surface area contributed by atoms with Crippen LogP contribution in [0.4, 0.5) is 0 Å². The van der Waals surface area contributed by atoms with Crippen molar-refractivity contribution >= 4 is 21.6 Å². The fraction of sp³-hybridized carbons (Fsp3) is 1.00. The molecule has 0 aliphatic carbocycles. The minimum atomic E-state index is -2.77. The van der Waals surface area contributed by atoms with Crippen LogP contribution < -0.4 is 5.32 Å². The summed E-state index contributed by atoms with van der Waals surface area (Å²) in [5.41, 5.74) is 0. The van der Waals surface area contributed by atoms with Crippen LogP contribution in [0, 0.1) is 0 Å². The van der Waals surface area contributed by atoms with Gasteiger partial charge in [-0.2, -0.15) is 11.8 Å². The van der Waals surface area contributed by atoms with Crippen LogP contribution in [-0.4, -0.2) is 44.5 Å².